The molecule has 2 aliphatic rings. The van der Waals surface area contributed by atoms with Gasteiger partial charge in [-0.25, -0.2) is 0 Å². The standard InChI is InChI=1S/C26H29N3O/c1-28-23-16-9-8-15-22(23)24(27-28)25(30)29-18-10-17-26(19-29,20-11-4-2-5-12-20)21-13-6-3-7-14-21/h2-7,11-14H,8-10,15-19H2,1H3. The van der Waals surface area contributed by atoms with Gasteiger partial charge in [0.15, 0.2) is 5.69 Å². The zero-order chi connectivity index (χ0) is 20.6. The molecule has 5 rings (SSSR count). The minimum absolute atomic E-state index is 0.102. The van der Waals surface area contributed by atoms with Gasteiger partial charge in [-0.3, -0.25) is 9.48 Å². The number of carbonyl (C=O) groups is 1. The number of carbonyl (C=O) groups excluding carboxylic acids is 1. The number of hydrogen-bond acceptors (Lipinski definition) is 2. The summed E-state index contributed by atoms with van der Waals surface area (Å²) in [7, 11) is 1.98. The monoisotopic (exact) mass is 399 g/mol. The number of rotatable bonds is 3. The van der Waals surface area contributed by atoms with Crippen molar-refractivity contribution >= 4 is 5.91 Å². The van der Waals surface area contributed by atoms with Crippen LogP contribution in [-0.4, -0.2) is 33.7 Å². The molecule has 1 aromatic heterocycles. The molecule has 1 amide bonds. The number of nitrogens with zero attached hydrogens (tertiary/aromatic N) is 3. The molecule has 0 radical (unpaired) electrons. The van der Waals surface area contributed by atoms with Crippen LogP contribution >= 0.6 is 0 Å². The van der Waals surface area contributed by atoms with Crippen LogP contribution in [0.25, 0.3) is 0 Å². The highest BCUT2D eigenvalue weighted by Crippen LogP contribution is 2.41. The summed E-state index contributed by atoms with van der Waals surface area (Å²) in [6.07, 6.45) is 6.38. The van der Waals surface area contributed by atoms with Gasteiger partial charge in [0.1, 0.15) is 0 Å². The van der Waals surface area contributed by atoms with Crippen LogP contribution in [0.2, 0.25) is 0 Å². The number of aromatic nitrogens is 2. The van der Waals surface area contributed by atoms with Crippen molar-refractivity contribution < 1.29 is 4.79 Å². The Hall–Kier alpha value is -2.88. The van der Waals surface area contributed by atoms with Crippen molar-refractivity contribution in [1.82, 2.24) is 14.7 Å². The van der Waals surface area contributed by atoms with Gasteiger partial charge < -0.3 is 4.90 Å². The molecule has 30 heavy (non-hydrogen) atoms. The van der Waals surface area contributed by atoms with Crippen LogP contribution in [0.4, 0.5) is 0 Å². The second-order valence-corrected chi connectivity index (χ2v) is 8.75. The Balaban J connectivity index is 1.53. The van der Waals surface area contributed by atoms with Gasteiger partial charge in [0.05, 0.1) is 0 Å². The molecule has 0 saturated carbocycles. The predicted octanol–water partition coefficient (Wildman–Crippen LogP) is 4.52. The molecule has 1 fully saturated rings. The van der Waals surface area contributed by atoms with Crippen LogP contribution in [0.1, 0.15) is 58.6 Å². The van der Waals surface area contributed by atoms with Crippen LogP contribution in [0, 0.1) is 0 Å². The predicted molar refractivity (Wildman–Crippen MR) is 119 cm³/mol. The summed E-state index contributed by atoms with van der Waals surface area (Å²) in [5.41, 5.74) is 5.52. The maximum absolute atomic E-state index is 13.7. The lowest BCUT2D eigenvalue weighted by Crippen LogP contribution is -2.49. The van der Waals surface area contributed by atoms with Crippen LogP contribution in [0.3, 0.4) is 0 Å². The third-order valence-corrected chi connectivity index (χ3v) is 7.00. The molecule has 4 heteroatoms. The SMILES string of the molecule is Cn1nc(C(=O)N2CCCC(c3ccccc3)(c3ccccc3)C2)c2c1CCCC2. The van der Waals surface area contributed by atoms with Gasteiger partial charge >= 0.3 is 0 Å². The smallest absolute Gasteiger partial charge is 0.274 e. The van der Waals surface area contributed by atoms with Crippen molar-refractivity contribution in [2.45, 2.75) is 43.9 Å². The zero-order valence-corrected chi connectivity index (χ0v) is 17.7. The first kappa shape index (κ1) is 19.1. The molecule has 3 aromatic rings. The topological polar surface area (TPSA) is 38.1 Å². The lowest BCUT2D eigenvalue weighted by Gasteiger charge is -2.44. The summed E-state index contributed by atoms with van der Waals surface area (Å²) in [5, 5.41) is 4.69. The maximum atomic E-state index is 13.7. The van der Waals surface area contributed by atoms with E-state index in [0.29, 0.717) is 12.2 Å². The minimum atomic E-state index is -0.175. The summed E-state index contributed by atoms with van der Waals surface area (Å²) in [6.45, 7) is 1.50. The van der Waals surface area contributed by atoms with E-state index in [1.165, 1.54) is 28.8 Å². The number of aryl methyl sites for hydroxylation is 1. The molecule has 154 valence electrons. The Labute approximate surface area is 178 Å². The van der Waals surface area contributed by atoms with E-state index in [0.717, 1.165) is 38.6 Å². The summed E-state index contributed by atoms with van der Waals surface area (Å²) in [5.74, 6) is 0.102. The molecular formula is C26H29N3O. The van der Waals surface area contributed by atoms with Gasteiger partial charge in [-0.1, -0.05) is 60.7 Å². The zero-order valence-electron chi connectivity index (χ0n) is 17.7. The van der Waals surface area contributed by atoms with Gasteiger partial charge in [0, 0.05) is 36.8 Å². The average molecular weight is 400 g/mol. The van der Waals surface area contributed by atoms with Crippen molar-refractivity contribution in [2.24, 2.45) is 7.05 Å². The Morgan fingerprint density at radius 2 is 1.53 bits per heavy atom. The van der Waals surface area contributed by atoms with E-state index in [4.69, 9.17) is 0 Å². The Bertz CT molecular complexity index is 999. The lowest BCUT2D eigenvalue weighted by molar-refractivity contribution is 0.0658. The highest BCUT2D eigenvalue weighted by molar-refractivity contribution is 5.94. The van der Waals surface area contributed by atoms with Crippen molar-refractivity contribution in [3.05, 3.63) is 88.7 Å². The van der Waals surface area contributed by atoms with E-state index >= 15 is 0 Å². The van der Waals surface area contributed by atoms with E-state index in [2.05, 4.69) is 70.7 Å². The average Bonchev–Trinajstić information content (AvgIpc) is 3.16. The van der Waals surface area contributed by atoms with Gasteiger partial charge in [-0.2, -0.15) is 5.10 Å². The number of fused-ring (bicyclic) bond motifs is 1. The van der Waals surface area contributed by atoms with E-state index < -0.39 is 0 Å². The first-order chi connectivity index (χ1) is 14.7. The minimum Gasteiger partial charge on any atom is -0.336 e. The molecule has 1 aliphatic carbocycles. The summed E-state index contributed by atoms with van der Waals surface area (Å²) >= 11 is 0. The van der Waals surface area contributed by atoms with E-state index in [1.807, 2.05) is 11.7 Å². The van der Waals surface area contributed by atoms with Crippen molar-refractivity contribution in [2.75, 3.05) is 13.1 Å². The summed E-state index contributed by atoms with van der Waals surface area (Å²) < 4.78 is 1.94. The third kappa shape index (κ3) is 3.15. The molecule has 0 bridgehead atoms. The fourth-order valence-corrected chi connectivity index (χ4v) is 5.48. The van der Waals surface area contributed by atoms with Crippen LogP contribution in [-0.2, 0) is 25.3 Å². The molecule has 0 spiro atoms. The Kier molecular flexibility index (Phi) is 4.93. The number of likely N-dealkylation sites (tertiary alicyclic amines) is 1. The van der Waals surface area contributed by atoms with Crippen LogP contribution < -0.4 is 0 Å². The van der Waals surface area contributed by atoms with E-state index in [1.54, 1.807) is 0 Å². The molecule has 4 nitrogen and oxygen atoms in total. The molecule has 0 atom stereocenters. The molecule has 0 N–H and O–H groups in total. The highest BCUT2D eigenvalue weighted by Gasteiger charge is 2.41. The van der Waals surface area contributed by atoms with E-state index in [9.17, 15) is 4.79 Å². The molecule has 2 heterocycles. The van der Waals surface area contributed by atoms with Gasteiger partial charge in [0.25, 0.3) is 5.91 Å². The highest BCUT2D eigenvalue weighted by atomic mass is 16.2. The van der Waals surface area contributed by atoms with Gasteiger partial charge in [0.2, 0.25) is 0 Å². The Morgan fingerprint density at radius 1 is 0.900 bits per heavy atom. The number of piperidine rings is 1. The fraction of sp³-hybridized carbons (Fsp3) is 0.385. The second kappa shape index (κ2) is 7.75. The molecule has 1 aliphatic heterocycles. The number of benzene rings is 2. The first-order valence-electron chi connectivity index (χ1n) is 11.1. The largest absolute Gasteiger partial charge is 0.336 e. The number of amides is 1. The second-order valence-electron chi connectivity index (χ2n) is 8.75. The third-order valence-electron chi connectivity index (χ3n) is 7.00. The molecule has 1 saturated heterocycles. The van der Waals surface area contributed by atoms with Crippen molar-refractivity contribution in [3.8, 4) is 0 Å². The quantitative estimate of drug-likeness (QED) is 0.649. The van der Waals surface area contributed by atoms with Crippen LogP contribution in [0.5, 0.6) is 0 Å². The molecule has 2 aromatic carbocycles. The summed E-state index contributed by atoms with van der Waals surface area (Å²) in [4.78, 5) is 15.7. The van der Waals surface area contributed by atoms with Crippen molar-refractivity contribution in [1.29, 1.82) is 0 Å². The van der Waals surface area contributed by atoms with E-state index in [-0.39, 0.29) is 11.3 Å². The van der Waals surface area contributed by atoms with Crippen molar-refractivity contribution in [3.63, 3.8) is 0 Å². The van der Waals surface area contributed by atoms with Crippen LogP contribution in [0.15, 0.2) is 60.7 Å². The van der Waals surface area contributed by atoms with Gasteiger partial charge in [-0.15, -0.1) is 0 Å². The first-order valence-corrected chi connectivity index (χ1v) is 11.1. The lowest BCUT2D eigenvalue weighted by atomic mass is 9.69. The fourth-order valence-electron chi connectivity index (χ4n) is 5.48. The Morgan fingerprint density at radius 3 is 2.20 bits per heavy atom. The normalized spacial score (nSPS) is 18.1. The molecular weight excluding hydrogens is 370 g/mol. The number of hydrogen-bond donors (Lipinski definition) is 0. The molecule has 0 unspecified atom stereocenters. The maximum Gasteiger partial charge on any atom is 0.274 e. The summed E-state index contributed by atoms with van der Waals surface area (Å²) in [6, 6.07) is 21.4. The van der Waals surface area contributed by atoms with Gasteiger partial charge in [-0.05, 0) is 49.7 Å².